The highest BCUT2D eigenvalue weighted by atomic mass is 19.1. The predicted octanol–water partition coefficient (Wildman–Crippen LogP) is 3.34. The van der Waals surface area contributed by atoms with E-state index >= 15 is 4.39 Å². The molecule has 1 fully saturated rings. The molecule has 0 saturated carbocycles. The normalized spacial score (nSPS) is 16.5. The van der Waals surface area contributed by atoms with Crippen LogP contribution in [0.4, 0.5) is 14.9 Å². The molecule has 5 nitrogen and oxygen atoms in total. The molecule has 2 aromatic rings. The summed E-state index contributed by atoms with van der Waals surface area (Å²) in [6.45, 7) is 3.05. The highest BCUT2D eigenvalue weighted by Gasteiger charge is 2.39. The molecule has 25 heavy (non-hydrogen) atoms. The Kier molecular flexibility index (Phi) is 4.99. The topological polar surface area (TPSA) is 71.2 Å². The fraction of sp³-hybridized carbons (Fsp3) is 0.368. The van der Waals surface area contributed by atoms with Crippen molar-refractivity contribution in [3.05, 3.63) is 59.4 Å². The van der Waals surface area contributed by atoms with Gasteiger partial charge in [-0.05, 0) is 36.2 Å². The van der Waals surface area contributed by atoms with E-state index in [4.69, 9.17) is 5.73 Å². The first-order valence-corrected chi connectivity index (χ1v) is 8.48. The van der Waals surface area contributed by atoms with Crippen molar-refractivity contribution < 1.29 is 9.18 Å². The van der Waals surface area contributed by atoms with Crippen molar-refractivity contribution in [1.29, 1.82) is 0 Å². The van der Waals surface area contributed by atoms with E-state index in [1.807, 2.05) is 37.3 Å². The third-order valence-electron chi connectivity index (χ3n) is 4.72. The maximum absolute atomic E-state index is 15.3. The molecule has 0 unspecified atom stereocenters. The molecule has 1 saturated heterocycles. The number of urea groups is 1. The average Bonchev–Trinajstić information content (AvgIpc) is 2.63. The zero-order valence-corrected chi connectivity index (χ0v) is 14.3. The lowest BCUT2D eigenvalue weighted by Gasteiger charge is -2.36. The Balaban J connectivity index is 1.61. The van der Waals surface area contributed by atoms with E-state index in [1.165, 1.54) is 0 Å². The number of anilines is 1. The van der Waals surface area contributed by atoms with Crippen molar-refractivity contribution in [2.45, 2.75) is 32.0 Å². The minimum absolute atomic E-state index is 0.208. The van der Waals surface area contributed by atoms with Gasteiger partial charge in [-0.25, -0.2) is 9.18 Å². The molecule has 1 aromatic carbocycles. The van der Waals surface area contributed by atoms with Gasteiger partial charge < -0.3 is 16.0 Å². The third kappa shape index (κ3) is 3.79. The number of nitrogens with two attached hydrogens (primary N) is 1. The molecule has 132 valence electrons. The number of aromatic nitrogens is 1. The Hall–Kier alpha value is -2.47. The number of likely N-dealkylation sites (tertiary alicyclic amines) is 1. The second-order valence-electron chi connectivity index (χ2n) is 6.45. The molecule has 3 N–H and O–H groups in total. The minimum Gasteiger partial charge on any atom is -0.326 e. The molecular weight excluding hydrogens is 319 g/mol. The van der Waals surface area contributed by atoms with Gasteiger partial charge >= 0.3 is 6.03 Å². The fourth-order valence-electron chi connectivity index (χ4n) is 3.18. The molecule has 0 bridgehead atoms. The number of aryl methyl sites for hydroxylation is 1. The second-order valence-corrected chi connectivity index (χ2v) is 6.45. The van der Waals surface area contributed by atoms with Crippen molar-refractivity contribution >= 4 is 11.7 Å². The number of benzene rings is 1. The molecule has 2 amide bonds. The Morgan fingerprint density at radius 3 is 2.56 bits per heavy atom. The van der Waals surface area contributed by atoms with Crippen LogP contribution < -0.4 is 11.1 Å². The van der Waals surface area contributed by atoms with E-state index in [-0.39, 0.29) is 18.9 Å². The second kappa shape index (κ2) is 7.19. The van der Waals surface area contributed by atoms with Gasteiger partial charge in [0.2, 0.25) is 0 Å². The van der Waals surface area contributed by atoms with Crippen LogP contribution in [0.2, 0.25) is 0 Å². The van der Waals surface area contributed by atoms with Gasteiger partial charge in [0, 0.05) is 44.4 Å². The molecule has 2 heterocycles. The minimum atomic E-state index is -1.47. The molecule has 6 heteroatoms. The van der Waals surface area contributed by atoms with Crippen LogP contribution in [-0.2, 0) is 12.2 Å². The molecule has 3 rings (SSSR count). The predicted molar refractivity (Wildman–Crippen MR) is 95.9 cm³/mol. The van der Waals surface area contributed by atoms with Crippen LogP contribution in [0.25, 0.3) is 0 Å². The number of hydrogen-bond acceptors (Lipinski definition) is 3. The van der Waals surface area contributed by atoms with Gasteiger partial charge in [0.05, 0.1) is 5.69 Å². The lowest BCUT2D eigenvalue weighted by Crippen LogP contribution is -2.45. The van der Waals surface area contributed by atoms with Crippen molar-refractivity contribution in [2.75, 3.05) is 18.4 Å². The van der Waals surface area contributed by atoms with E-state index in [0.29, 0.717) is 31.0 Å². The summed E-state index contributed by atoms with van der Waals surface area (Å²) in [5, 5.41) is 2.85. The van der Waals surface area contributed by atoms with E-state index in [9.17, 15) is 4.79 Å². The van der Waals surface area contributed by atoms with E-state index in [2.05, 4.69) is 10.3 Å². The lowest BCUT2D eigenvalue weighted by atomic mass is 9.87. The van der Waals surface area contributed by atoms with E-state index in [0.717, 1.165) is 11.1 Å². The smallest absolute Gasteiger partial charge is 0.321 e. The monoisotopic (exact) mass is 342 g/mol. The number of piperidine rings is 1. The van der Waals surface area contributed by atoms with Gasteiger partial charge in [-0.3, -0.25) is 4.98 Å². The third-order valence-corrected chi connectivity index (χ3v) is 4.72. The van der Waals surface area contributed by atoms with Crippen LogP contribution in [-0.4, -0.2) is 29.0 Å². The molecule has 0 spiro atoms. The maximum Gasteiger partial charge on any atom is 0.321 e. The Labute approximate surface area is 147 Å². The van der Waals surface area contributed by atoms with Crippen molar-refractivity contribution in [1.82, 2.24) is 9.88 Å². The van der Waals surface area contributed by atoms with Gasteiger partial charge in [-0.2, -0.15) is 0 Å². The number of carbonyl (C=O) groups is 1. The van der Waals surface area contributed by atoms with Crippen LogP contribution in [0.3, 0.4) is 0 Å². The van der Waals surface area contributed by atoms with Gasteiger partial charge in [-0.15, -0.1) is 0 Å². The first-order valence-electron chi connectivity index (χ1n) is 8.48. The average molecular weight is 342 g/mol. The Bertz CT molecular complexity index is 739. The lowest BCUT2D eigenvalue weighted by molar-refractivity contribution is 0.0677. The number of hydrogen-bond donors (Lipinski definition) is 2. The van der Waals surface area contributed by atoms with Gasteiger partial charge in [0.25, 0.3) is 0 Å². The molecule has 1 aromatic heterocycles. The van der Waals surface area contributed by atoms with Crippen LogP contribution in [0, 0.1) is 6.92 Å². The maximum atomic E-state index is 15.3. The zero-order chi connectivity index (χ0) is 17.9. The number of alkyl halides is 1. The Morgan fingerprint density at radius 2 is 1.96 bits per heavy atom. The molecule has 1 aliphatic heterocycles. The van der Waals surface area contributed by atoms with E-state index < -0.39 is 5.67 Å². The number of rotatable bonds is 3. The zero-order valence-electron chi connectivity index (χ0n) is 14.3. The summed E-state index contributed by atoms with van der Waals surface area (Å²) in [4.78, 5) is 18.3. The molecular formula is C19H23FN4O. The SMILES string of the molecule is Cc1cccnc1C1(F)CCN(C(=O)Nc2ccc(CN)cc2)CC1. The van der Waals surface area contributed by atoms with Crippen LogP contribution in [0.1, 0.15) is 29.7 Å². The van der Waals surface area contributed by atoms with Crippen molar-refractivity contribution in [3.63, 3.8) is 0 Å². The van der Waals surface area contributed by atoms with Gasteiger partial charge in [0.15, 0.2) is 5.67 Å². The van der Waals surface area contributed by atoms with Crippen molar-refractivity contribution in [3.8, 4) is 0 Å². The molecule has 0 atom stereocenters. The van der Waals surface area contributed by atoms with Gasteiger partial charge in [-0.1, -0.05) is 18.2 Å². The summed E-state index contributed by atoms with van der Waals surface area (Å²) in [6.07, 6.45) is 2.13. The fourth-order valence-corrected chi connectivity index (χ4v) is 3.18. The first-order chi connectivity index (χ1) is 12.0. The summed E-state index contributed by atoms with van der Waals surface area (Å²) in [5.74, 6) is 0. The number of nitrogens with one attached hydrogen (secondary N) is 1. The number of carbonyl (C=O) groups excluding carboxylic acids is 1. The number of pyridine rings is 1. The highest BCUT2D eigenvalue weighted by Crippen LogP contribution is 2.37. The van der Waals surface area contributed by atoms with Crippen LogP contribution in [0.15, 0.2) is 42.6 Å². The number of halogens is 1. The van der Waals surface area contributed by atoms with Crippen molar-refractivity contribution in [2.24, 2.45) is 5.73 Å². The summed E-state index contributed by atoms with van der Waals surface area (Å²) in [6, 6.07) is 10.9. The van der Waals surface area contributed by atoms with E-state index in [1.54, 1.807) is 17.2 Å². The molecule has 0 aliphatic carbocycles. The molecule has 0 radical (unpaired) electrons. The summed E-state index contributed by atoms with van der Waals surface area (Å²) in [7, 11) is 0. The largest absolute Gasteiger partial charge is 0.326 e. The van der Waals surface area contributed by atoms with Crippen LogP contribution >= 0.6 is 0 Å². The molecule has 1 aliphatic rings. The van der Waals surface area contributed by atoms with Gasteiger partial charge in [0.1, 0.15) is 0 Å². The highest BCUT2D eigenvalue weighted by molar-refractivity contribution is 5.89. The Morgan fingerprint density at radius 1 is 1.28 bits per heavy atom. The number of nitrogens with zero attached hydrogens (tertiary/aromatic N) is 2. The number of amides is 2. The summed E-state index contributed by atoms with van der Waals surface area (Å²) < 4.78 is 15.3. The summed E-state index contributed by atoms with van der Waals surface area (Å²) in [5.41, 5.74) is 7.15. The standard InChI is InChI=1S/C19H23FN4O/c1-14-3-2-10-22-17(14)19(20)8-11-24(12-9-19)18(25)23-16-6-4-15(13-21)5-7-16/h2-7,10H,8-9,11-13,21H2,1H3,(H,23,25). The summed E-state index contributed by atoms with van der Waals surface area (Å²) >= 11 is 0. The first kappa shape index (κ1) is 17.4. The quantitative estimate of drug-likeness (QED) is 0.899. The van der Waals surface area contributed by atoms with Crippen LogP contribution in [0.5, 0.6) is 0 Å².